The van der Waals surface area contributed by atoms with E-state index < -0.39 is 12.7 Å². The molecule has 0 spiro atoms. The van der Waals surface area contributed by atoms with E-state index in [-0.39, 0.29) is 11.9 Å². The quantitative estimate of drug-likeness (QED) is 0.589. The zero-order valence-corrected chi connectivity index (χ0v) is 7.91. The monoisotopic (exact) mass is 184 g/mol. The summed E-state index contributed by atoms with van der Waals surface area (Å²) < 4.78 is 15.3. The first kappa shape index (κ1) is 9.03. The normalized spacial score (nSPS) is 27.2. The molecular weight excluding hydrogens is 171 g/mol. The van der Waals surface area contributed by atoms with Crippen LogP contribution in [0.25, 0.3) is 0 Å². The summed E-state index contributed by atoms with van der Waals surface area (Å²) in [6, 6.07) is 0. The van der Waals surface area contributed by atoms with Gasteiger partial charge in [-0.05, 0) is 5.92 Å². The van der Waals surface area contributed by atoms with Crippen LogP contribution in [0.15, 0.2) is 0 Å². The molecule has 72 valence electrons. The molecule has 1 atom stereocenters. The summed E-state index contributed by atoms with van der Waals surface area (Å²) in [6.45, 7) is 4.95. The summed E-state index contributed by atoms with van der Waals surface area (Å²) in [6.07, 6.45) is 0.923. The standard InChI is InChI=1S/C8H13BO4/c1-3-6(2)8-4-11-9(12-5-8)13-7(8)10/h6H,3-5H2,1-2H3. The lowest BCUT2D eigenvalue weighted by molar-refractivity contribution is -0.183. The highest BCUT2D eigenvalue weighted by atomic mass is 16.8. The van der Waals surface area contributed by atoms with Gasteiger partial charge in [-0.1, -0.05) is 20.3 Å². The van der Waals surface area contributed by atoms with Gasteiger partial charge in [0.15, 0.2) is 0 Å². The molecule has 3 rings (SSSR count). The Bertz CT molecular complexity index is 222. The Morgan fingerprint density at radius 3 is 2.62 bits per heavy atom. The van der Waals surface area contributed by atoms with E-state index in [0.29, 0.717) is 13.2 Å². The Morgan fingerprint density at radius 2 is 2.15 bits per heavy atom. The number of rotatable bonds is 2. The Labute approximate surface area is 77.7 Å². The van der Waals surface area contributed by atoms with Crippen molar-refractivity contribution in [1.82, 2.24) is 0 Å². The van der Waals surface area contributed by atoms with Crippen molar-refractivity contribution in [2.75, 3.05) is 13.2 Å². The third-order valence-electron chi connectivity index (χ3n) is 3.12. The molecule has 0 radical (unpaired) electrons. The van der Waals surface area contributed by atoms with Crippen molar-refractivity contribution < 1.29 is 18.8 Å². The van der Waals surface area contributed by atoms with E-state index >= 15 is 0 Å². The minimum Gasteiger partial charge on any atom is -0.484 e. The van der Waals surface area contributed by atoms with Gasteiger partial charge in [0.2, 0.25) is 0 Å². The van der Waals surface area contributed by atoms with Gasteiger partial charge in [-0.25, -0.2) is 0 Å². The molecule has 0 saturated carbocycles. The molecule has 13 heavy (non-hydrogen) atoms. The number of carbonyl (C=O) groups is 1. The van der Waals surface area contributed by atoms with Crippen molar-refractivity contribution in [3.05, 3.63) is 0 Å². The number of hydrogen-bond donors (Lipinski definition) is 0. The van der Waals surface area contributed by atoms with Gasteiger partial charge in [0.05, 0.1) is 13.2 Å². The Balaban J connectivity index is 2.22. The molecule has 0 aliphatic carbocycles. The van der Waals surface area contributed by atoms with E-state index in [1.807, 2.05) is 13.8 Å². The summed E-state index contributed by atoms with van der Waals surface area (Å²) >= 11 is 0. The number of carbonyl (C=O) groups excluding carboxylic acids is 1. The summed E-state index contributed by atoms with van der Waals surface area (Å²) in [7, 11) is -0.751. The van der Waals surface area contributed by atoms with Crippen molar-refractivity contribution in [3.63, 3.8) is 0 Å². The first-order chi connectivity index (χ1) is 6.19. The van der Waals surface area contributed by atoms with Crippen molar-refractivity contribution >= 4 is 13.3 Å². The fourth-order valence-corrected chi connectivity index (χ4v) is 1.79. The molecule has 3 fully saturated rings. The van der Waals surface area contributed by atoms with E-state index in [2.05, 4.69) is 0 Å². The lowest BCUT2D eigenvalue weighted by atomic mass is 9.73. The molecule has 4 nitrogen and oxygen atoms in total. The molecule has 2 bridgehead atoms. The van der Waals surface area contributed by atoms with Crippen LogP contribution < -0.4 is 0 Å². The van der Waals surface area contributed by atoms with Gasteiger partial charge in [-0.15, -0.1) is 0 Å². The third-order valence-corrected chi connectivity index (χ3v) is 3.12. The highest BCUT2D eigenvalue weighted by Crippen LogP contribution is 2.39. The van der Waals surface area contributed by atoms with Crippen LogP contribution in [0.3, 0.4) is 0 Å². The average molecular weight is 184 g/mol. The van der Waals surface area contributed by atoms with Crippen molar-refractivity contribution in [2.24, 2.45) is 11.3 Å². The first-order valence-electron chi connectivity index (χ1n) is 4.63. The minimum atomic E-state index is -0.751. The molecule has 3 saturated heterocycles. The molecule has 3 aliphatic heterocycles. The van der Waals surface area contributed by atoms with E-state index in [1.54, 1.807) is 0 Å². The van der Waals surface area contributed by atoms with Gasteiger partial charge >= 0.3 is 13.3 Å². The van der Waals surface area contributed by atoms with Gasteiger partial charge < -0.3 is 14.0 Å². The summed E-state index contributed by atoms with van der Waals surface area (Å²) in [5.41, 5.74) is -0.552. The minimum absolute atomic E-state index is 0.163. The smallest absolute Gasteiger partial charge is 0.484 e. The zero-order valence-electron chi connectivity index (χ0n) is 7.91. The second kappa shape index (κ2) is 2.99. The third kappa shape index (κ3) is 1.18. The molecule has 5 heteroatoms. The molecule has 3 heterocycles. The van der Waals surface area contributed by atoms with Gasteiger partial charge in [0.25, 0.3) is 0 Å². The van der Waals surface area contributed by atoms with Crippen LogP contribution in [-0.4, -0.2) is 26.5 Å². The SMILES string of the molecule is CCC(C)C12COB(OC1)OC2=O. The number of fused-ring (bicyclic) bond motifs is 3. The average Bonchev–Trinajstić information content (AvgIpc) is 2.18. The summed E-state index contributed by atoms with van der Waals surface area (Å²) in [4.78, 5) is 11.6. The van der Waals surface area contributed by atoms with Crippen LogP contribution in [0.5, 0.6) is 0 Å². The summed E-state index contributed by atoms with van der Waals surface area (Å²) in [5.74, 6) is 0.0746. The Kier molecular flexibility index (Phi) is 2.08. The fourth-order valence-electron chi connectivity index (χ4n) is 1.79. The van der Waals surface area contributed by atoms with Crippen molar-refractivity contribution in [1.29, 1.82) is 0 Å². The molecular formula is C8H13BO4. The maximum atomic E-state index is 11.6. The van der Waals surface area contributed by atoms with Gasteiger partial charge in [-0.2, -0.15) is 0 Å². The van der Waals surface area contributed by atoms with E-state index in [0.717, 1.165) is 6.42 Å². The molecule has 3 aliphatic rings. The predicted molar refractivity (Wildman–Crippen MR) is 45.6 cm³/mol. The van der Waals surface area contributed by atoms with E-state index in [4.69, 9.17) is 14.0 Å². The first-order valence-corrected chi connectivity index (χ1v) is 4.63. The van der Waals surface area contributed by atoms with Crippen molar-refractivity contribution in [2.45, 2.75) is 20.3 Å². The predicted octanol–water partition coefficient (Wildman–Crippen LogP) is 0.607. The molecule has 0 N–H and O–H groups in total. The Morgan fingerprint density at radius 1 is 1.54 bits per heavy atom. The van der Waals surface area contributed by atoms with Crippen LogP contribution in [-0.2, 0) is 18.8 Å². The molecule has 0 aromatic carbocycles. The fraction of sp³-hybridized carbons (Fsp3) is 0.875. The maximum Gasteiger partial charge on any atom is 0.715 e. The van der Waals surface area contributed by atoms with Gasteiger partial charge in [-0.3, -0.25) is 4.79 Å². The molecule has 1 unspecified atom stereocenters. The lowest BCUT2D eigenvalue weighted by Crippen LogP contribution is -2.60. The molecule has 0 aromatic rings. The van der Waals surface area contributed by atoms with Crippen LogP contribution in [0.4, 0.5) is 0 Å². The van der Waals surface area contributed by atoms with E-state index in [1.165, 1.54) is 0 Å². The zero-order chi connectivity index (χ0) is 9.47. The van der Waals surface area contributed by atoms with E-state index in [9.17, 15) is 4.79 Å². The van der Waals surface area contributed by atoms with Gasteiger partial charge in [0.1, 0.15) is 5.41 Å². The summed E-state index contributed by atoms with van der Waals surface area (Å²) in [5, 5.41) is 0. The van der Waals surface area contributed by atoms with Crippen LogP contribution >= 0.6 is 0 Å². The van der Waals surface area contributed by atoms with Crippen LogP contribution in [0.1, 0.15) is 20.3 Å². The second-order valence-electron chi connectivity index (χ2n) is 3.78. The second-order valence-corrected chi connectivity index (χ2v) is 3.78. The van der Waals surface area contributed by atoms with Crippen LogP contribution in [0, 0.1) is 11.3 Å². The highest BCUT2D eigenvalue weighted by molar-refractivity contribution is 6.41. The topological polar surface area (TPSA) is 44.8 Å². The van der Waals surface area contributed by atoms with Gasteiger partial charge in [0, 0.05) is 0 Å². The number of hydrogen-bond acceptors (Lipinski definition) is 4. The molecule has 0 amide bonds. The van der Waals surface area contributed by atoms with Crippen LogP contribution in [0.2, 0.25) is 0 Å². The Hall–Kier alpha value is -0.545. The molecule has 0 aromatic heterocycles. The highest BCUT2D eigenvalue weighted by Gasteiger charge is 2.57. The largest absolute Gasteiger partial charge is 0.715 e. The lowest BCUT2D eigenvalue weighted by Gasteiger charge is -2.45. The maximum absolute atomic E-state index is 11.6. The van der Waals surface area contributed by atoms with Crippen molar-refractivity contribution in [3.8, 4) is 0 Å².